The van der Waals surface area contributed by atoms with Crippen molar-refractivity contribution >= 4 is 5.95 Å². The zero-order valence-electron chi connectivity index (χ0n) is 14.0. The van der Waals surface area contributed by atoms with Gasteiger partial charge in [-0.1, -0.05) is 0 Å². The van der Waals surface area contributed by atoms with Crippen molar-refractivity contribution < 1.29 is 0 Å². The van der Waals surface area contributed by atoms with Gasteiger partial charge in [0.05, 0.1) is 12.6 Å². The number of anilines is 1. The average molecular weight is 313 g/mol. The van der Waals surface area contributed by atoms with Gasteiger partial charge in [0.15, 0.2) is 11.6 Å². The Labute approximate surface area is 136 Å². The summed E-state index contributed by atoms with van der Waals surface area (Å²) in [5.41, 5.74) is 2.01. The van der Waals surface area contributed by atoms with Crippen LogP contribution in [0, 0.1) is 13.8 Å². The molecule has 7 heteroatoms. The molecule has 0 aromatic carbocycles. The van der Waals surface area contributed by atoms with E-state index in [1.54, 1.807) is 0 Å². The first-order valence-corrected chi connectivity index (χ1v) is 8.31. The molecule has 2 aromatic heterocycles. The Hall–Kier alpha value is -2.02. The van der Waals surface area contributed by atoms with E-state index in [-0.39, 0.29) is 0 Å². The highest BCUT2D eigenvalue weighted by atomic mass is 15.4. The maximum atomic E-state index is 4.58. The van der Waals surface area contributed by atoms with Gasteiger partial charge in [-0.15, -0.1) is 10.2 Å². The molecule has 0 radical (unpaired) electrons. The van der Waals surface area contributed by atoms with E-state index < -0.39 is 0 Å². The minimum Gasteiger partial charge on any atom is -0.331 e. The number of hydrogen-bond acceptors (Lipinski definition) is 6. The molecule has 7 nitrogen and oxygen atoms in total. The summed E-state index contributed by atoms with van der Waals surface area (Å²) in [6.07, 6.45) is 2.42. The summed E-state index contributed by atoms with van der Waals surface area (Å²) >= 11 is 0. The molecule has 0 unspecified atom stereocenters. The van der Waals surface area contributed by atoms with E-state index in [4.69, 9.17) is 0 Å². The second-order valence-corrected chi connectivity index (χ2v) is 6.64. The Balaban J connectivity index is 1.60. The third-order valence-electron chi connectivity index (χ3n) is 4.85. The molecule has 0 amide bonds. The minimum absolute atomic E-state index is 0.417. The lowest BCUT2D eigenvalue weighted by Crippen LogP contribution is -2.36. The molecular formula is C16H23N7. The smallest absolute Gasteiger partial charge is 0.226 e. The molecule has 0 saturated carbocycles. The predicted octanol–water partition coefficient (Wildman–Crippen LogP) is 1.47. The van der Waals surface area contributed by atoms with Gasteiger partial charge in [-0.3, -0.25) is 4.90 Å². The fraction of sp³-hybridized carbons (Fsp3) is 0.625. The van der Waals surface area contributed by atoms with Gasteiger partial charge >= 0.3 is 0 Å². The normalized spacial score (nSPS) is 21.7. The lowest BCUT2D eigenvalue weighted by molar-refractivity contribution is 0.295. The summed E-state index contributed by atoms with van der Waals surface area (Å²) in [6, 6.07) is 2.42. The topological polar surface area (TPSA) is 63.0 Å². The van der Waals surface area contributed by atoms with Crippen LogP contribution >= 0.6 is 0 Å². The van der Waals surface area contributed by atoms with Gasteiger partial charge in [0, 0.05) is 24.5 Å². The van der Waals surface area contributed by atoms with E-state index in [0.29, 0.717) is 6.04 Å². The maximum absolute atomic E-state index is 4.58. The van der Waals surface area contributed by atoms with Crippen LogP contribution in [-0.4, -0.2) is 49.8 Å². The lowest BCUT2D eigenvalue weighted by atomic mass is 10.2. The molecular weight excluding hydrogens is 290 g/mol. The second kappa shape index (κ2) is 5.56. The number of nitrogens with zero attached hydrogens (tertiary/aromatic N) is 7. The van der Waals surface area contributed by atoms with Gasteiger partial charge in [0.25, 0.3) is 0 Å². The molecule has 0 spiro atoms. The van der Waals surface area contributed by atoms with Crippen molar-refractivity contribution in [3.63, 3.8) is 0 Å². The summed E-state index contributed by atoms with van der Waals surface area (Å²) in [5, 5.41) is 8.94. The summed E-state index contributed by atoms with van der Waals surface area (Å²) in [7, 11) is 2.18. The Kier molecular flexibility index (Phi) is 3.52. The van der Waals surface area contributed by atoms with E-state index in [2.05, 4.69) is 41.6 Å². The van der Waals surface area contributed by atoms with Crippen LogP contribution in [0.15, 0.2) is 6.07 Å². The van der Waals surface area contributed by atoms with Gasteiger partial charge in [0.2, 0.25) is 5.95 Å². The van der Waals surface area contributed by atoms with Crippen molar-refractivity contribution in [3.05, 3.63) is 29.1 Å². The van der Waals surface area contributed by atoms with Crippen molar-refractivity contribution in [1.29, 1.82) is 0 Å². The van der Waals surface area contributed by atoms with Crippen molar-refractivity contribution in [3.8, 4) is 0 Å². The molecule has 1 atom stereocenters. The molecule has 0 bridgehead atoms. The Morgan fingerprint density at radius 1 is 1.04 bits per heavy atom. The zero-order chi connectivity index (χ0) is 16.0. The number of fused-ring (bicyclic) bond motifs is 1. The van der Waals surface area contributed by atoms with Gasteiger partial charge in [0.1, 0.15) is 0 Å². The quantitative estimate of drug-likeness (QED) is 0.837. The molecule has 4 rings (SSSR count). The first-order chi connectivity index (χ1) is 11.1. The van der Waals surface area contributed by atoms with E-state index in [9.17, 15) is 0 Å². The molecule has 122 valence electrons. The molecule has 0 N–H and O–H groups in total. The third-order valence-corrected chi connectivity index (χ3v) is 4.85. The summed E-state index contributed by atoms with van der Waals surface area (Å²) in [4.78, 5) is 13.7. The van der Waals surface area contributed by atoms with Crippen molar-refractivity contribution in [2.24, 2.45) is 0 Å². The van der Waals surface area contributed by atoms with Crippen LogP contribution in [0.1, 0.15) is 41.9 Å². The molecule has 1 fully saturated rings. The summed E-state index contributed by atoms with van der Waals surface area (Å²) in [6.45, 7) is 7.70. The second-order valence-electron chi connectivity index (χ2n) is 6.64. The molecule has 1 saturated heterocycles. The highest BCUT2D eigenvalue weighted by Gasteiger charge is 2.31. The molecule has 0 aliphatic carbocycles. The molecule has 2 aliphatic rings. The van der Waals surface area contributed by atoms with Crippen LogP contribution in [-0.2, 0) is 13.1 Å². The molecule has 23 heavy (non-hydrogen) atoms. The van der Waals surface area contributed by atoms with E-state index >= 15 is 0 Å². The maximum Gasteiger partial charge on any atom is 0.226 e. The highest BCUT2D eigenvalue weighted by molar-refractivity contribution is 5.33. The number of likely N-dealkylation sites (tertiary alicyclic amines) is 1. The van der Waals surface area contributed by atoms with Gasteiger partial charge in [-0.05, 0) is 46.3 Å². The minimum atomic E-state index is 0.417. The summed E-state index contributed by atoms with van der Waals surface area (Å²) in [5.74, 6) is 2.95. The van der Waals surface area contributed by atoms with Crippen molar-refractivity contribution in [1.82, 2.24) is 29.6 Å². The molecule has 2 aromatic rings. The van der Waals surface area contributed by atoms with E-state index in [1.165, 1.54) is 12.8 Å². The van der Waals surface area contributed by atoms with Crippen molar-refractivity contribution in [2.75, 3.05) is 25.0 Å². The van der Waals surface area contributed by atoms with Crippen LogP contribution in [0.2, 0.25) is 0 Å². The van der Waals surface area contributed by atoms with Gasteiger partial charge in [-0.2, -0.15) is 0 Å². The number of rotatable bonds is 2. The van der Waals surface area contributed by atoms with Gasteiger partial charge < -0.3 is 9.47 Å². The SMILES string of the molecule is Cc1cc(C)nc(N2CCn3c(nnc3[C@@H]3CCCN3C)C2)n1. The van der Waals surface area contributed by atoms with Crippen LogP contribution in [0.5, 0.6) is 0 Å². The monoisotopic (exact) mass is 313 g/mol. The van der Waals surface area contributed by atoms with Gasteiger partial charge in [-0.25, -0.2) is 9.97 Å². The lowest BCUT2D eigenvalue weighted by Gasteiger charge is -2.29. The molecule has 2 aliphatic heterocycles. The van der Waals surface area contributed by atoms with Crippen molar-refractivity contribution in [2.45, 2.75) is 45.8 Å². The molecule has 4 heterocycles. The predicted molar refractivity (Wildman–Crippen MR) is 87.2 cm³/mol. The van der Waals surface area contributed by atoms with Crippen LogP contribution < -0.4 is 4.90 Å². The number of aryl methyl sites for hydroxylation is 2. The largest absolute Gasteiger partial charge is 0.331 e. The fourth-order valence-electron chi connectivity index (χ4n) is 3.68. The van der Waals surface area contributed by atoms with Crippen LogP contribution in [0.25, 0.3) is 0 Å². The number of hydrogen-bond donors (Lipinski definition) is 0. The zero-order valence-corrected chi connectivity index (χ0v) is 14.0. The first kappa shape index (κ1) is 14.6. The fourth-order valence-corrected chi connectivity index (χ4v) is 3.68. The Morgan fingerprint density at radius 2 is 1.83 bits per heavy atom. The van der Waals surface area contributed by atoms with Crippen LogP contribution in [0.4, 0.5) is 5.95 Å². The standard InChI is InChI=1S/C16H23N7/c1-11-9-12(2)18-16(17-11)22-7-8-23-14(10-22)19-20-15(23)13-5-4-6-21(13)3/h9,13H,4-8,10H2,1-3H3/t13-/m0/s1. The first-order valence-electron chi connectivity index (χ1n) is 8.31. The number of aromatic nitrogens is 5. The van der Waals surface area contributed by atoms with E-state index in [0.717, 1.165) is 55.2 Å². The highest BCUT2D eigenvalue weighted by Crippen LogP contribution is 2.30. The van der Waals surface area contributed by atoms with Crippen LogP contribution in [0.3, 0.4) is 0 Å². The Bertz CT molecular complexity index is 703. The average Bonchev–Trinajstić information content (AvgIpc) is 3.11. The Morgan fingerprint density at radius 3 is 2.52 bits per heavy atom. The van der Waals surface area contributed by atoms with E-state index in [1.807, 2.05) is 19.9 Å². The summed E-state index contributed by atoms with van der Waals surface area (Å²) < 4.78 is 2.30. The third kappa shape index (κ3) is 2.59.